The van der Waals surface area contributed by atoms with Gasteiger partial charge in [-0.1, -0.05) is 0 Å². The van der Waals surface area contributed by atoms with E-state index in [0.717, 1.165) is 0 Å². The average Bonchev–Trinajstić information content (AvgIpc) is 2.42. The number of nitrogens with one attached hydrogen (secondary N) is 2. The van der Waals surface area contributed by atoms with E-state index in [1.165, 1.54) is 13.3 Å². The van der Waals surface area contributed by atoms with Crippen LogP contribution >= 0.6 is 0 Å². The van der Waals surface area contributed by atoms with Gasteiger partial charge in [-0.15, -0.1) is 0 Å². The quantitative estimate of drug-likeness (QED) is 0.629. The van der Waals surface area contributed by atoms with Crippen molar-refractivity contribution in [2.75, 3.05) is 13.7 Å². The molecule has 0 saturated carbocycles. The van der Waals surface area contributed by atoms with E-state index >= 15 is 0 Å². The summed E-state index contributed by atoms with van der Waals surface area (Å²) in [5, 5.41) is 21.2. The largest absolute Gasteiger partial charge is 0.480 e. The Morgan fingerprint density at radius 2 is 2.32 bits per heavy atom. The molecular weight excluding hydrogens is 252 g/mol. The van der Waals surface area contributed by atoms with Crippen molar-refractivity contribution in [2.24, 2.45) is 0 Å². The standard InChI is InChI=1S/C11H16N4O4/c1-19-6-4-9(10(16)17)14-11(18)12-7-8-3-2-5-13-15-8/h2-3,5,9H,4,6-7H2,1H3,(H,16,17)(H2,12,14,18). The molecule has 1 aromatic rings. The molecular formula is C11H16N4O4. The molecule has 0 bridgehead atoms. The highest BCUT2D eigenvalue weighted by Crippen LogP contribution is 1.94. The van der Waals surface area contributed by atoms with Crippen molar-refractivity contribution in [2.45, 2.75) is 19.0 Å². The molecule has 0 saturated heterocycles. The molecule has 0 aliphatic carbocycles. The number of methoxy groups -OCH3 is 1. The molecule has 8 nitrogen and oxygen atoms in total. The highest BCUT2D eigenvalue weighted by Gasteiger charge is 2.19. The minimum atomic E-state index is -1.10. The second kappa shape index (κ2) is 7.98. The van der Waals surface area contributed by atoms with Gasteiger partial charge >= 0.3 is 12.0 Å². The van der Waals surface area contributed by atoms with Crippen molar-refractivity contribution in [3.63, 3.8) is 0 Å². The summed E-state index contributed by atoms with van der Waals surface area (Å²) >= 11 is 0. The van der Waals surface area contributed by atoms with Crippen LogP contribution in [-0.2, 0) is 16.1 Å². The molecule has 104 valence electrons. The normalized spacial score (nSPS) is 11.6. The molecule has 1 rings (SSSR count). The van der Waals surface area contributed by atoms with E-state index in [4.69, 9.17) is 9.84 Å². The van der Waals surface area contributed by atoms with E-state index in [2.05, 4.69) is 20.8 Å². The molecule has 0 aliphatic heterocycles. The van der Waals surface area contributed by atoms with Gasteiger partial charge < -0.3 is 20.5 Å². The fraction of sp³-hybridized carbons (Fsp3) is 0.455. The summed E-state index contributed by atoms with van der Waals surface area (Å²) in [4.78, 5) is 22.4. The monoisotopic (exact) mass is 268 g/mol. The van der Waals surface area contributed by atoms with E-state index in [1.54, 1.807) is 12.1 Å². The Balaban J connectivity index is 2.38. The molecule has 1 atom stereocenters. The maximum Gasteiger partial charge on any atom is 0.326 e. The Kier molecular flexibility index (Phi) is 6.23. The molecule has 1 heterocycles. The van der Waals surface area contributed by atoms with Crippen LogP contribution in [0.15, 0.2) is 18.3 Å². The summed E-state index contributed by atoms with van der Waals surface area (Å²) in [5.41, 5.74) is 0.585. The van der Waals surface area contributed by atoms with Crippen molar-refractivity contribution in [3.8, 4) is 0 Å². The molecule has 1 unspecified atom stereocenters. The summed E-state index contributed by atoms with van der Waals surface area (Å²) in [6.45, 7) is 0.428. The summed E-state index contributed by atoms with van der Waals surface area (Å²) in [6, 6.07) is 1.84. The Labute approximate surface area is 110 Å². The Hall–Kier alpha value is -2.22. The molecule has 0 fully saturated rings. The van der Waals surface area contributed by atoms with Crippen LogP contribution in [0.25, 0.3) is 0 Å². The van der Waals surface area contributed by atoms with Gasteiger partial charge in [0.05, 0.1) is 12.2 Å². The first kappa shape index (κ1) is 14.8. The van der Waals surface area contributed by atoms with Crippen LogP contribution in [0.4, 0.5) is 4.79 Å². The lowest BCUT2D eigenvalue weighted by atomic mass is 10.2. The van der Waals surface area contributed by atoms with Gasteiger partial charge in [-0.25, -0.2) is 9.59 Å². The van der Waals surface area contributed by atoms with Gasteiger partial charge in [-0.3, -0.25) is 0 Å². The molecule has 19 heavy (non-hydrogen) atoms. The topological polar surface area (TPSA) is 113 Å². The third-order valence-electron chi connectivity index (χ3n) is 2.27. The van der Waals surface area contributed by atoms with E-state index in [0.29, 0.717) is 5.69 Å². The minimum Gasteiger partial charge on any atom is -0.480 e. The molecule has 3 N–H and O–H groups in total. The minimum absolute atomic E-state index is 0.177. The lowest BCUT2D eigenvalue weighted by Gasteiger charge is -2.14. The first-order chi connectivity index (χ1) is 9.13. The zero-order valence-electron chi connectivity index (χ0n) is 10.5. The maximum absolute atomic E-state index is 11.5. The van der Waals surface area contributed by atoms with Crippen LogP contribution in [0.3, 0.4) is 0 Å². The number of hydrogen-bond donors (Lipinski definition) is 3. The first-order valence-electron chi connectivity index (χ1n) is 5.66. The van der Waals surface area contributed by atoms with Gasteiger partial charge in [0, 0.05) is 26.3 Å². The van der Waals surface area contributed by atoms with Crippen molar-refractivity contribution < 1.29 is 19.4 Å². The van der Waals surface area contributed by atoms with Crippen LogP contribution in [0.2, 0.25) is 0 Å². The van der Waals surface area contributed by atoms with Crippen LogP contribution < -0.4 is 10.6 Å². The van der Waals surface area contributed by atoms with Crippen molar-refractivity contribution in [1.82, 2.24) is 20.8 Å². The molecule has 0 aliphatic rings. The van der Waals surface area contributed by atoms with Crippen molar-refractivity contribution in [1.29, 1.82) is 0 Å². The second-order valence-corrected chi connectivity index (χ2v) is 3.71. The SMILES string of the molecule is COCCC(NC(=O)NCc1cccnn1)C(=O)O. The maximum atomic E-state index is 11.5. The third-order valence-corrected chi connectivity index (χ3v) is 2.27. The smallest absolute Gasteiger partial charge is 0.326 e. The van der Waals surface area contributed by atoms with Gasteiger partial charge in [0.15, 0.2) is 0 Å². The fourth-order valence-electron chi connectivity index (χ4n) is 1.30. The van der Waals surface area contributed by atoms with Crippen LogP contribution in [0.1, 0.15) is 12.1 Å². The molecule has 0 radical (unpaired) electrons. The van der Waals surface area contributed by atoms with Crippen LogP contribution in [0, 0.1) is 0 Å². The zero-order chi connectivity index (χ0) is 14.1. The Morgan fingerprint density at radius 1 is 1.53 bits per heavy atom. The van der Waals surface area contributed by atoms with Gasteiger partial charge in [-0.2, -0.15) is 10.2 Å². The summed E-state index contributed by atoms with van der Waals surface area (Å²) < 4.78 is 4.78. The van der Waals surface area contributed by atoms with E-state index in [1.807, 2.05) is 0 Å². The highest BCUT2D eigenvalue weighted by atomic mass is 16.5. The lowest BCUT2D eigenvalue weighted by Crippen LogP contribution is -2.46. The number of amides is 2. The summed E-state index contributed by atoms with van der Waals surface area (Å²) in [6.07, 6.45) is 1.72. The number of aromatic nitrogens is 2. The number of carbonyl (C=O) groups excluding carboxylic acids is 1. The van der Waals surface area contributed by atoms with Gasteiger partial charge in [0.1, 0.15) is 6.04 Å². The average molecular weight is 268 g/mol. The van der Waals surface area contributed by atoms with Crippen molar-refractivity contribution >= 4 is 12.0 Å². The van der Waals surface area contributed by atoms with Gasteiger partial charge in [0.25, 0.3) is 0 Å². The number of nitrogens with zero attached hydrogens (tertiary/aromatic N) is 2. The van der Waals surface area contributed by atoms with E-state index < -0.39 is 18.0 Å². The highest BCUT2D eigenvalue weighted by molar-refractivity contribution is 5.82. The zero-order valence-corrected chi connectivity index (χ0v) is 10.5. The van der Waals surface area contributed by atoms with Crippen molar-refractivity contribution in [3.05, 3.63) is 24.0 Å². The molecule has 1 aromatic heterocycles. The number of carbonyl (C=O) groups is 2. The molecule has 8 heteroatoms. The first-order valence-corrected chi connectivity index (χ1v) is 5.66. The molecule has 0 spiro atoms. The number of aliphatic carboxylic acids is 1. The summed E-state index contributed by atoms with van der Waals surface area (Å²) in [5.74, 6) is -1.10. The van der Waals surface area contributed by atoms with Crippen LogP contribution in [-0.4, -0.2) is 47.1 Å². The predicted octanol–water partition coefficient (Wildman–Crippen LogP) is -0.234. The summed E-state index contributed by atoms with van der Waals surface area (Å²) in [7, 11) is 1.47. The second-order valence-electron chi connectivity index (χ2n) is 3.71. The van der Waals surface area contributed by atoms with Gasteiger partial charge in [0.2, 0.25) is 0 Å². The van der Waals surface area contributed by atoms with E-state index in [9.17, 15) is 9.59 Å². The van der Waals surface area contributed by atoms with Gasteiger partial charge in [-0.05, 0) is 12.1 Å². The molecule has 2 amide bonds. The number of ether oxygens (including phenoxy) is 1. The van der Waals surface area contributed by atoms with Crippen LogP contribution in [0.5, 0.6) is 0 Å². The predicted molar refractivity (Wildman–Crippen MR) is 65.3 cm³/mol. The number of carboxylic acid groups (broad SMARTS) is 1. The number of hydrogen-bond acceptors (Lipinski definition) is 5. The van der Waals surface area contributed by atoms with E-state index in [-0.39, 0.29) is 19.6 Å². The third kappa shape index (κ3) is 5.77. The number of urea groups is 1. The lowest BCUT2D eigenvalue weighted by molar-refractivity contribution is -0.139. The Morgan fingerprint density at radius 3 is 2.89 bits per heavy atom. The molecule has 0 aromatic carbocycles. The Bertz CT molecular complexity index is 412. The number of rotatable bonds is 7. The fourth-order valence-corrected chi connectivity index (χ4v) is 1.30. The number of carboxylic acids is 1.